The number of hydrogen-bond donors (Lipinski definition) is 1. The molecular weight excluding hydrogens is 280 g/mol. The van der Waals surface area contributed by atoms with Gasteiger partial charge in [0.15, 0.2) is 0 Å². The van der Waals surface area contributed by atoms with Crippen LogP contribution in [-0.4, -0.2) is 21.0 Å². The minimum Gasteiger partial charge on any atom is -0.393 e. The van der Waals surface area contributed by atoms with Gasteiger partial charge in [0, 0.05) is 7.05 Å². The Balaban J connectivity index is 2.14. The first-order valence-corrected chi connectivity index (χ1v) is 7.14. The van der Waals surface area contributed by atoms with Gasteiger partial charge in [-0.2, -0.15) is 5.10 Å². The van der Waals surface area contributed by atoms with Gasteiger partial charge in [0.2, 0.25) is 0 Å². The first-order valence-electron chi connectivity index (χ1n) is 6.35. The van der Waals surface area contributed by atoms with Crippen molar-refractivity contribution in [1.82, 2.24) is 9.78 Å². The molecule has 0 bridgehead atoms. The van der Waals surface area contributed by atoms with E-state index in [9.17, 15) is 5.11 Å². The van der Waals surface area contributed by atoms with Crippen LogP contribution < -0.4 is 0 Å². The number of nitrogens with zero attached hydrogens (tertiary/aromatic N) is 2. The highest BCUT2D eigenvalue weighted by Gasteiger charge is 2.28. The third-order valence-electron chi connectivity index (χ3n) is 3.92. The van der Waals surface area contributed by atoms with Crippen LogP contribution in [0, 0.1) is 18.8 Å². The van der Waals surface area contributed by atoms with Gasteiger partial charge in [0.25, 0.3) is 0 Å². The fourth-order valence-electron chi connectivity index (χ4n) is 2.85. The molecule has 1 N–H and O–H groups in total. The smallest absolute Gasteiger partial charge is 0.0738 e. The number of halogens is 1. The summed E-state index contributed by atoms with van der Waals surface area (Å²) in [5.74, 6) is 1.11. The summed E-state index contributed by atoms with van der Waals surface area (Å²) in [5, 5.41) is 14.5. The molecule has 17 heavy (non-hydrogen) atoms. The highest BCUT2D eigenvalue weighted by Crippen LogP contribution is 2.33. The van der Waals surface area contributed by atoms with Crippen molar-refractivity contribution in [3.63, 3.8) is 0 Å². The van der Waals surface area contributed by atoms with E-state index in [1.807, 2.05) is 18.7 Å². The van der Waals surface area contributed by atoms with Gasteiger partial charge >= 0.3 is 0 Å². The molecule has 0 aliphatic heterocycles. The lowest BCUT2D eigenvalue weighted by Gasteiger charge is -2.31. The summed E-state index contributed by atoms with van der Waals surface area (Å²) in [6, 6.07) is 0. The Labute approximate surface area is 111 Å². The van der Waals surface area contributed by atoms with Crippen LogP contribution in [0.25, 0.3) is 0 Å². The summed E-state index contributed by atoms with van der Waals surface area (Å²) in [7, 11) is 1.98. The minimum atomic E-state index is -0.145. The van der Waals surface area contributed by atoms with Crippen molar-refractivity contribution in [2.24, 2.45) is 18.9 Å². The average molecular weight is 301 g/mol. The lowest BCUT2D eigenvalue weighted by Crippen LogP contribution is -2.30. The second kappa shape index (κ2) is 5.11. The van der Waals surface area contributed by atoms with Crippen LogP contribution in [-0.2, 0) is 13.5 Å². The maximum Gasteiger partial charge on any atom is 0.0738 e. The molecule has 2 rings (SSSR count). The molecule has 1 aromatic heterocycles. The molecule has 4 heteroatoms. The quantitative estimate of drug-likeness (QED) is 0.912. The number of hydrogen-bond acceptors (Lipinski definition) is 2. The third kappa shape index (κ3) is 2.74. The molecule has 1 aliphatic carbocycles. The van der Waals surface area contributed by atoms with E-state index in [1.165, 1.54) is 5.69 Å². The van der Waals surface area contributed by atoms with E-state index < -0.39 is 0 Å². The molecule has 1 fully saturated rings. The van der Waals surface area contributed by atoms with Crippen LogP contribution in [0.15, 0.2) is 4.47 Å². The molecule has 0 radical (unpaired) electrons. The Hall–Kier alpha value is -0.350. The Morgan fingerprint density at radius 1 is 1.47 bits per heavy atom. The summed E-state index contributed by atoms with van der Waals surface area (Å²) in [6.45, 7) is 4.29. The lowest BCUT2D eigenvalue weighted by atomic mass is 9.78. The van der Waals surface area contributed by atoms with Crippen molar-refractivity contribution in [2.45, 2.75) is 45.6 Å². The molecule has 1 aromatic rings. The van der Waals surface area contributed by atoms with E-state index in [4.69, 9.17) is 0 Å². The summed E-state index contributed by atoms with van der Waals surface area (Å²) in [4.78, 5) is 0. The lowest BCUT2D eigenvalue weighted by molar-refractivity contribution is 0.0510. The van der Waals surface area contributed by atoms with Gasteiger partial charge in [0.05, 0.1) is 22.0 Å². The highest BCUT2D eigenvalue weighted by molar-refractivity contribution is 9.10. The number of aliphatic hydroxyl groups is 1. The molecule has 1 heterocycles. The van der Waals surface area contributed by atoms with Gasteiger partial charge in [-0.25, -0.2) is 0 Å². The van der Waals surface area contributed by atoms with Gasteiger partial charge in [-0.15, -0.1) is 0 Å². The Morgan fingerprint density at radius 2 is 2.18 bits per heavy atom. The molecule has 0 aromatic carbocycles. The summed E-state index contributed by atoms with van der Waals surface area (Å²) >= 11 is 3.60. The fraction of sp³-hybridized carbons (Fsp3) is 0.769. The van der Waals surface area contributed by atoms with Gasteiger partial charge < -0.3 is 5.11 Å². The van der Waals surface area contributed by atoms with Crippen molar-refractivity contribution in [2.75, 3.05) is 0 Å². The average Bonchev–Trinajstić information content (AvgIpc) is 2.50. The molecule has 3 unspecified atom stereocenters. The minimum absolute atomic E-state index is 0.145. The van der Waals surface area contributed by atoms with Crippen molar-refractivity contribution >= 4 is 15.9 Å². The van der Waals surface area contributed by atoms with Crippen LogP contribution in [0.3, 0.4) is 0 Å². The third-order valence-corrected chi connectivity index (χ3v) is 4.95. The normalized spacial score (nSPS) is 29.6. The Kier molecular flexibility index (Phi) is 3.93. The van der Waals surface area contributed by atoms with E-state index in [2.05, 4.69) is 28.0 Å². The molecule has 96 valence electrons. The van der Waals surface area contributed by atoms with Crippen LogP contribution in [0.2, 0.25) is 0 Å². The second-order valence-corrected chi connectivity index (χ2v) is 6.21. The molecule has 0 amide bonds. The van der Waals surface area contributed by atoms with Crippen LogP contribution >= 0.6 is 15.9 Å². The van der Waals surface area contributed by atoms with E-state index in [-0.39, 0.29) is 6.10 Å². The van der Waals surface area contributed by atoms with Crippen molar-refractivity contribution in [3.05, 3.63) is 15.9 Å². The zero-order valence-corrected chi connectivity index (χ0v) is 12.4. The number of aryl methyl sites for hydroxylation is 2. The van der Waals surface area contributed by atoms with Crippen LogP contribution in [0.5, 0.6) is 0 Å². The predicted octanol–water partition coefficient (Wildman–Crippen LogP) is 2.83. The first-order chi connectivity index (χ1) is 7.99. The summed E-state index contributed by atoms with van der Waals surface area (Å²) in [5.41, 5.74) is 2.24. The largest absolute Gasteiger partial charge is 0.393 e. The SMILES string of the molecule is Cc1nn(C)c(CC2CC(C)CCC2O)c1Br. The number of aliphatic hydroxyl groups excluding tert-OH is 1. The topological polar surface area (TPSA) is 38.0 Å². The highest BCUT2D eigenvalue weighted by atomic mass is 79.9. The van der Waals surface area contributed by atoms with Gasteiger partial charge in [-0.05, 0) is 60.4 Å². The van der Waals surface area contributed by atoms with E-state index >= 15 is 0 Å². The van der Waals surface area contributed by atoms with Gasteiger partial charge in [-0.3, -0.25) is 4.68 Å². The van der Waals surface area contributed by atoms with Crippen molar-refractivity contribution in [1.29, 1.82) is 0 Å². The van der Waals surface area contributed by atoms with Crippen LogP contribution in [0.1, 0.15) is 37.6 Å². The van der Waals surface area contributed by atoms with E-state index in [0.29, 0.717) is 5.92 Å². The maximum atomic E-state index is 10.1. The summed E-state index contributed by atoms with van der Waals surface area (Å²) in [6.07, 6.45) is 4.00. The summed E-state index contributed by atoms with van der Waals surface area (Å²) < 4.78 is 3.04. The van der Waals surface area contributed by atoms with Gasteiger partial charge in [0.1, 0.15) is 0 Å². The van der Waals surface area contributed by atoms with Crippen molar-refractivity contribution in [3.8, 4) is 0 Å². The van der Waals surface area contributed by atoms with E-state index in [0.717, 1.165) is 41.8 Å². The monoisotopic (exact) mass is 300 g/mol. The fourth-order valence-corrected chi connectivity index (χ4v) is 3.35. The Bertz CT molecular complexity index is 402. The second-order valence-electron chi connectivity index (χ2n) is 5.42. The zero-order chi connectivity index (χ0) is 12.6. The zero-order valence-electron chi connectivity index (χ0n) is 10.8. The molecule has 3 nitrogen and oxygen atoms in total. The molecular formula is C13H21BrN2O. The standard InChI is InChI=1S/C13H21BrN2O/c1-8-4-5-12(17)10(6-8)7-11-13(14)9(2)15-16(11)3/h8,10,12,17H,4-7H2,1-3H3. The number of aromatic nitrogens is 2. The number of rotatable bonds is 2. The maximum absolute atomic E-state index is 10.1. The predicted molar refractivity (Wildman–Crippen MR) is 71.9 cm³/mol. The van der Waals surface area contributed by atoms with Crippen LogP contribution in [0.4, 0.5) is 0 Å². The van der Waals surface area contributed by atoms with E-state index in [1.54, 1.807) is 0 Å². The molecule has 3 atom stereocenters. The first kappa shape index (κ1) is 13.1. The molecule has 0 saturated heterocycles. The molecule has 1 saturated carbocycles. The molecule has 1 aliphatic rings. The molecule has 0 spiro atoms. The Morgan fingerprint density at radius 3 is 2.76 bits per heavy atom. The van der Waals surface area contributed by atoms with Gasteiger partial charge in [-0.1, -0.05) is 6.92 Å². The van der Waals surface area contributed by atoms with Crippen molar-refractivity contribution < 1.29 is 5.11 Å².